The van der Waals surface area contributed by atoms with E-state index in [0.29, 0.717) is 24.3 Å². The molecular formula is C32H16F12N4O2. The minimum absolute atomic E-state index is 0.0387. The van der Waals surface area contributed by atoms with E-state index in [1.54, 1.807) is 0 Å². The van der Waals surface area contributed by atoms with Crippen molar-refractivity contribution < 1.29 is 62.2 Å². The lowest BCUT2D eigenvalue weighted by molar-refractivity contribution is -0.144. The number of benzene rings is 4. The van der Waals surface area contributed by atoms with Gasteiger partial charge in [0.15, 0.2) is 11.3 Å². The normalized spacial score (nSPS) is 13.0. The van der Waals surface area contributed by atoms with Crippen molar-refractivity contribution in [3.63, 3.8) is 0 Å². The van der Waals surface area contributed by atoms with E-state index in [4.69, 9.17) is 9.47 Å². The highest BCUT2D eigenvalue weighted by atomic mass is 19.4. The first-order chi connectivity index (χ1) is 23.2. The number of halogens is 12. The molecule has 2 heterocycles. The second-order valence-electron chi connectivity index (χ2n) is 10.7. The molecule has 0 N–H and O–H groups in total. The quantitative estimate of drug-likeness (QED) is 0.134. The van der Waals surface area contributed by atoms with Crippen LogP contribution in [-0.2, 0) is 24.7 Å². The van der Waals surface area contributed by atoms with Crippen LogP contribution in [0.4, 0.5) is 52.7 Å². The standard InChI is InChI=1S/C32H16F12N4O2/c1-49-21-5-6-22(50-2)26-25(21)47-27-28(48-26)46-24-20(14-9-17(31(39,40)41)12-18(10-14)32(42,43)44)4-3-19(23(24)45-27)13-7-15(29(33,34)35)11-16(8-13)30(36,37)38/h3-12H,1-2H3. The van der Waals surface area contributed by atoms with E-state index in [2.05, 4.69) is 19.9 Å². The van der Waals surface area contributed by atoms with Crippen molar-refractivity contribution in [2.75, 3.05) is 14.2 Å². The van der Waals surface area contributed by atoms with Gasteiger partial charge in [0.2, 0.25) is 0 Å². The van der Waals surface area contributed by atoms with Crippen molar-refractivity contribution in [1.82, 2.24) is 19.9 Å². The number of hydrogen-bond donors (Lipinski definition) is 0. The van der Waals surface area contributed by atoms with Crippen LogP contribution >= 0.6 is 0 Å². The molecule has 50 heavy (non-hydrogen) atoms. The largest absolute Gasteiger partial charge is 0.494 e. The highest BCUT2D eigenvalue weighted by Crippen LogP contribution is 2.44. The van der Waals surface area contributed by atoms with Gasteiger partial charge < -0.3 is 9.47 Å². The fourth-order valence-corrected chi connectivity index (χ4v) is 5.25. The summed E-state index contributed by atoms with van der Waals surface area (Å²) in [6, 6.07) is 6.07. The Bertz CT molecular complexity index is 2090. The van der Waals surface area contributed by atoms with Gasteiger partial charge >= 0.3 is 24.7 Å². The van der Waals surface area contributed by atoms with Gasteiger partial charge in [-0.25, -0.2) is 19.9 Å². The second-order valence-corrected chi connectivity index (χ2v) is 10.7. The summed E-state index contributed by atoms with van der Waals surface area (Å²) in [5.41, 5.74) is -10.7. The summed E-state index contributed by atoms with van der Waals surface area (Å²) in [5.74, 6) is 0.282. The van der Waals surface area contributed by atoms with Gasteiger partial charge in [-0.3, -0.25) is 0 Å². The first-order valence-electron chi connectivity index (χ1n) is 13.8. The van der Waals surface area contributed by atoms with Gasteiger partial charge in [-0.2, -0.15) is 52.7 Å². The Morgan fingerprint density at radius 1 is 0.400 bits per heavy atom. The molecule has 0 saturated heterocycles. The minimum Gasteiger partial charge on any atom is -0.494 e. The van der Waals surface area contributed by atoms with Crippen LogP contribution in [-0.4, -0.2) is 34.2 Å². The van der Waals surface area contributed by atoms with E-state index in [0.717, 1.165) is 12.1 Å². The molecule has 6 rings (SSSR count). The van der Waals surface area contributed by atoms with Gasteiger partial charge in [0.25, 0.3) is 0 Å². The third-order valence-electron chi connectivity index (χ3n) is 7.54. The van der Waals surface area contributed by atoms with Crippen LogP contribution in [0.15, 0.2) is 60.7 Å². The maximum absolute atomic E-state index is 13.8. The molecule has 0 atom stereocenters. The summed E-state index contributed by atoms with van der Waals surface area (Å²) in [6.07, 6.45) is -21.0. The fourth-order valence-electron chi connectivity index (χ4n) is 5.25. The highest BCUT2D eigenvalue weighted by molar-refractivity contribution is 6.04. The van der Waals surface area contributed by atoms with E-state index in [9.17, 15) is 52.7 Å². The number of hydrogen-bond acceptors (Lipinski definition) is 6. The Balaban J connectivity index is 1.76. The van der Waals surface area contributed by atoms with E-state index in [1.807, 2.05) is 0 Å². The highest BCUT2D eigenvalue weighted by Gasteiger charge is 2.39. The molecule has 0 aliphatic heterocycles. The SMILES string of the molecule is COc1ccc(OC)c2nc3nc4c(-c5cc(C(F)(F)F)cc(C(F)(F)F)c5)ccc(-c5cc(C(F)(F)F)cc(C(F)(F)F)c5)c4nc3nc12. The summed E-state index contributed by atoms with van der Waals surface area (Å²) < 4.78 is 176. The van der Waals surface area contributed by atoms with Gasteiger partial charge in [-0.15, -0.1) is 0 Å². The third kappa shape index (κ3) is 6.24. The second kappa shape index (κ2) is 11.6. The van der Waals surface area contributed by atoms with Gasteiger partial charge in [0.05, 0.1) is 47.5 Å². The van der Waals surface area contributed by atoms with Crippen LogP contribution in [0, 0.1) is 0 Å². The van der Waals surface area contributed by atoms with E-state index in [-0.39, 0.29) is 46.0 Å². The molecule has 0 aliphatic carbocycles. The number of nitrogens with zero attached hydrogens (tertiary/aromatic N) is 4. The number of ether oxygens (including phenoxy) is 2. The Morgan fingerprint density at radius 2 is 0.680 bits per heavy atom. The molecule has 6 nitrogen and oxygen atoms in total. The van der Waals surface area contributed by atoms with Gasteiger partial charge in [-0.1, -0.05) is 12.1 Å². The number of rotatable bonds is 4. The molecule has 0 amide bonds. The predicted molar refractivity (Wildman–Crippen MR) is 154 cm³/mol. The van der Waals surface area contributed by atoms with Crippen molar-refractivity contribution in [2.24, 2.45) is 0 Å². The average molecular weight is 716 g/mol. The molecule has 260 valence electrons. The lowest BCUT2D eigenvalue weighted by atomic mass is 9.93. The molecule has 18 heteroatoms. The zero-order valence-electron chi connectivity index (χ0n) is 24.9. The molecule has 6 aromatic rings. The molecule has 0 unspecified atom stereocenters. The van der Waals surface area contributed by atoms with Crippen LogP contribution in [0.3, 0.4) is 0 Å². The number of aromatic nitrogens is 4. The van der Waals surface area contributed by atoms with E-state index >= 15 is 0 Å². The van der Waals surface area contributed by atoms with Crippen molar-refractivity contribution in [3.8, 4) is 33.8 Å². The maximum atomic E-state index is 13.8. The topological polar surface area (TPSA) is 70.0 Å². The lowest BCUT2D eigenvalue weighted by Crippen LogP contribution is -2.11. The summed E-state index contributed by atoms with van der Waals surface area (Å²) in [5, 5.41) is 0. The van der Waals surface area contributed by atoms with Crippen LogP contribution in [0.5, 0.6) is 11.5 Å². The van der Waals surface area contributed by atoms with Crippen LogP contribution in [0.25, 0.3) is 55.6 Å². The van der Waals surface area contributed by atoms with Crippen LogP contribution in [0.1, 0.15) is 22.3 Å². The first-order valence-corrected chi connectivity index (χ1v) is 13.8. The Morgan fingerprint density at radius 3 is 0.940 bits per heavy atom. The first kappa shape index (κ1) is 34.4. The number of methoxy groups -OCH3 is 2. The van der Waals surface area contributed by atoms with Crippen molar-refractivity contribution in [3.05, 3.63) is 82.9 Å². The average Bonchev–Trinajstić information content (AvgIpc) is 3.03. The number of alkyl halides is 12. The molecule has 0 bridgehead atoms. The van der Waals surface area contributed by atoms with Crippen LogP contribution in [0.2, 0.25) is 0 Å². The Kier molecular flexibility index (Phi) is 7.98. The zero-order valence-corrected chi connectivity index (χ0v) is 24.9. The summed E-state index contributed by atoms with van der Waals surface area (Å²) in [4.78, 5) is 17.3. The third-order valence-corrected chi connectivity index (χ3v) is 7.54. The van der Waals surface area contributed by atoms with E-state index < -0.39 is 80.2 Å². The summed E-state index contributed by atoms with van der Waals surface area (Å²) in [6.45, 7) is 0. The summed E-state index contributed by atoms with van der Waals surface area (Å²) >= 11 is 0. The molecule has 0 aliphatic rings. The smallest absolute Gasteiger partial charge is 0.416 e. The molecule has 2 aromatic heterocycles. The zero-order chi connectivity index (χ0) is 36.6. The number of fused-ring (bicyclic) bond motifs is 3. The molecule has 0 fully saturated rings. The van der Waals surface area contributed by atoms with Crippen LogP contribution < -0.4 is 9.47 Å². The van der Waals surface area contributed by atoms with Gasteiger partial charge in [0, 0.05) is 11.1 Å². The summed E-state index contributed by atoms with van der Waals surface area (Å²) in [7, 11) is 2.58. The monoisotopic (exact) mass is 716 g/mol. The van der Waals surface area contributed by atoms with Gasteiger partial charge in [-0.05, 0) is 59.7 Å². The minimum atomic E-state index is -5.25. The Hall–Kier alpha value is -5.42. The molecule has 0 radical (unpaired) electrons. The Labute approximate surface area is 271 Å². The van der Waals surface area contributed by atoms with E-state index in [1.165, 1.54) is 26.4 Å². The molecular weight excluding hydrogens is 700 g/mol. The van der Waals surface area contributed by atoms with Crippen molar-refractivity contribution in [1.29, 1.82) is 0 Å². The lowest BCUT2D eigenvalue weighted by Gasteiger charge is -2.17. The molecule has 0 saturated carbocycles. The van der Waals surface area contributed by atoms with Crippen molar-refractivity contribution in [2.45, 2.75) is 24.7 Å². The van der Waals surface area contributed by atoms with Gasteiger partial charge in [0.1, 0.15) is 22.5 Å². The van der Waals surface area contributed by atoms with Crippen molar-refractivity contribution >= 4 is 33.4 Å². The maximum Gasteiger partial charge on any atom is 0.416 e. The fraction of sp³-hybridized carbons (Fsp3) is 0.188. The predicted octanol–water partition coefficient (Wildman–Crippen LogP) is 10.2. The molecule has 0 spiro atoms. The molecule has 4 aromatic carbocycles.